The number of rotatable bonds is 3. The zero-order chi connectivity index (χ0) is 14.8. The number of carboxylic acid groups (broad SMARTS) is 1. The number of anilines is 2. The summed E-state index contributed by atoms with van der Waals surface area (Å²) in [4.78, 5) is 21.5. The Morgan fingerprint density at radius 3 is 2.90 bits per heavy atom. The van der Waals surface area contributed by atoms with Gasteiger partial charge in [0, 0.05) is 31.5 Å². The first-order chi connectivity index (χ1) is 10.1. The van der Waals surface area contributed by atoms with Gasteiger partial charge in [-0.3, -0.25) is 4.79 Å². The molecule has 8 nitrogen and oxygen atoms in total. The summed E-state index contributed by atoms with van der Waals surface area (Å²) in [5.74, 6) is 0.214. The van der Waals surface area contributed by atoms with Gasteiger partial charge in [0.2, 0.25) is 5.95 Å². The molecule has 0 bridgehead atoms. The summed E-state index contributed by atoms with van der Waals surface area (Å²) >= 11 is 0. The van der Waals surface area contributed by atoms with E-state index in [9.17, 15) is 4.79 Å². The van der Waals surface area contributed by atoms with Gasteiger partial charge in [-0.1, -0.05) is 0 Å². The quantitative estimate of drug-likeness (QED) is 0.848. The van der Waals surface area contributed by atoms with Crippen LogP contribution in [0.15, 0.2) is 24.5 Å². The molecule has 3 heterocycles. The molecule has 21 heavy (non-hydrogen) atoms. The second-order valence-electron chi connectivity index (χ2n) is 5.02. The number of nitrogen functional groups attached to an aromatic ring is 1. The lowest BCUT2D eigenvalue weighted by molar-refractivity contribution is -0.141. The van der Waals surface area contributed by atoms with Crippen LogP contribution in [0.5, 0.6) is 0 Å². The first-order valence-corrected chi connectivity index (χ1v) is 6.76. The van der Waals surface area contributed by atoms with E-state index in [1.807, 2.05) is 4.90 Å². The minimum absolute atomic E-state index is 0.149. The van der Waals surface area contributed by atoms with Crippen LogP contribution in [0.4, 0.5) is 11.8 Å². The highest BCUT2D eigenvalue weighted by Gasteiger charge is 2.26. The van der Waals surface area contributed by atoms with E-state index in [0.29, 0.717) is 24.6 Å². The molecule has 1 aliphatic heterocycles. The van der Waals surface area contributed by atoms with Crippen LogP contribution in [-0.2, 0) is 4.79 Å². The summed E-state index contributed by atoms with van der Waals surface area (Å²) in [7, 11) is 0. The number of piperidine rings is 1. The molecule has 0 aliphatic carbocycles. The highest BCUT2D eigenvalue weighted by Crippen LogP contribution is 2.23. The fourth-order valence-corrected chi connectivity index (χ4v) is 2.51. The Morgan fingerprint density at radius 2 is 2.19 bits per heavy atom. The average molecular weight is 288 g/mol. The molecule has 0 radical (unpaired) electrons. The number of carboxylic acids is 1. The molecule has 1 aliphatic rings. The van der Waals surface area contributed by atoms with Crippen molar-refractivity contribution in [1.82, 2.24) is 19.7 Å². The van der Waals surface area contributed by atoms with Crippen LogP contribution < -0.4 is 10.6 Å². The van der Waals surface area contributed by atoms with Crippen LogP contribution in [0, 0.1) is 5.92 Å². The fraction of sp³-hybridized carbons (Fsp3) is 0.385. The summed E-state index contributed by atoms with van der Waals surface area (Å²) in [5, 5.41) is 13.3. The van der Waals surface area contributed by atoms with Crippen molar-refractivity contribution in [2.75, 3.05) is 23.7 Å². The van der Waals surface area contributed by atoms with Crippen molar-refractivity contribution in [3.63, 3.8) is 0 Å². The van der Waals surface area contributed by atoms with E-state index in [2.05, 4.69) is 15.1 Å². The van der Waals surface area contributed by atoms with Gasteiger partial charge in [-0.2, -0.15) is 15.1 Å². The summed E-state index contributed by atoms with van der Waals surface area (Å²) in [6.07, 6.45) is 4.93. The molecule has 3 N–H and O–H groups in total. The summed E-state index contributed by atoms with van der Waals surface area (Å²) in [5.41, 5.74) is 5.76. The van der Waals surface area contributed by atoms with E-state index < -0.39 is 5.97 Å². The van der Waals surface area contributed by atoms with E-state index in [4.69, 9.17) is 10.8 Å². The highest BCUT2D eigenvalue weighted by atomic mass is 16.4. The number of hydrogen-bond donors (Lipinski definition) is 2. The van der Waals surface area contributed by atoms with Crippen molar-refractivity contribution in [3.05, 3.63) is 24.5 Å². The van der Waals surface area contributed by atoms with Crippen molar-refractivity contribution >= 4 is 17.7 Å². The molecule has 0 amide bonds. The lowest BCUT2D eigenvalue weighted by Gasteiger charge is -2.31. The lowest BCUT2D eigenvalue weighted by Crippen LogP contribution is -2.39. The minimum Gasteiger partial charge on any atom is -0.481 e. The van der Waals surface area contributed by atoms with Crippen molar-refractivity contribution in [2.45, 2.75) is 12.8 Å². The molecule has 1 saturated heterocycles. The Balaban J connectivity index is 1.90. The maximum Gasteiger partial charge on any atom is 0.308 e. The smallest absolute Gasteiger partial charge is 0.308 e. The Labute approximate surface area is 121 Å². The zero-order valence-electron chi connectivity index (χ0n) is 11.4. The Kier molecular flexibility index (Phi) is 3.43. The largest absolute Gasteiger partial charge is 0.481 e. The number of aliphatic carboxylic acids is 1. The first-order valence-electron chi connectivity index (χ1n) is 6.76. The Bertz CT molecular complexity index is 642. The molecule has 0 saturated carbocycles. The van der Waals surface area contributed by atoms with Gasteiger partial charge in [-0.05, 0) is 18.9 Å². The second kappa shape index (κ2) is 5.39. The van der Waals surface area contributed by atoms with E-state index in [1.165, 1.54) is 0 Å². The predicted octanol–water partition coefficient (Wildman–Crippen LogP) is 0.545. The standard InChI is InChI=1S/C13H16N6O2/c14-13-16-10(7-11(17-13)19-6-2-4-15-19)18-5-1-3-9(8-18)12(20)21/h2,4,6-7,9H,1,3,5,8H2,(H,20,21)(H2,14,16,17). The second-order valence-corrected chi connectivity index (χ2v) is 5.02. The molecule has 2 aromatic rings. The van der Waals surface area contributed by atoms with Gasteiger partial charge in [0.25, 0.3) is 0 Å². The molecule has 2 aromatic heterocycles. The number of hydrogen-bond acceptors (Lipinski definition) is 6. The van der Waals surface area contributed by atoms with Crippen LogP contribution in [0.3, 0.4) is 0 Å². The third kappa shape index (κ3) is 2.78. The minimum atomic E-state index is -0.769. The maximum absolute atomic E-state index is 11.2. The molecule has 1 atom stereocenters. The van der Waals surface area contributed by atoms with Crippen LogP contribution >= 0.6 is 0 Å². The van der Waals surface area contributed by atoms with Crippen molar-refractivity contribution < 1.29 is 9.90 Å². The van der Waals surface area contributed by atoms with Gasteiger partial charge in [-0.15, -0.1) is 0 Å². The predicted molar refractivity (Wildman–Crippen MR) is 76.1 cm³/mol. The van der Waals surface area contributed by atoms with Gasteiger partial charge in [0.15, 0.2) is 5.82 Å². The third-order valence-corrected chi connectivity index (χ3v) is 3.55. The topological polar surface area (TPSA) is 110 Å². The fourth-order valence-electron chi connectivity index (χ4n) is 2.51. The van der Waals surface area contributed by atoms with Gasteiger partial charge in [0.05, 0.1) is 5.92 Å². The molecular weight excluding hydrogens is 272 g/mol. The molecule has 3 rings (SSSR count). The normalized spacial score (nSPS) is 18.7. The Hall–Kier alpha value is -2.64. The number of carbonyl (C=O) groups is 1. The monoisotopic (exact) mass is 288 g/mol. The van der Waals surface area contributed by atoms with Crippen molar-refractivity contribution in [3.8, 4) is 5.82 Å². The summed E-state index contributed by atoms with van der Waals surface area (Å²) < 4.78 is 1.60. The van der Waals surface area contributed by atoms with E-state index >= 15 is 0 Å². The van der Waals surface area contributed by atoms with Crippen LogP contribution in [0.25, 0.3) is 5.82 Å². The van der Waals surface area contributed by atoms with Gasteiger partial charge < -0.3 is 15.7 Å². The molecule has 0 spiro atoms. The molecule has 110 valence electrons. The van der Waals surface area contributed by atoms with Crippen molar-refractivity contribution in [1.29, 1.82) is 0 Å². The maximum atomic E-state index is 11.2. The van der Waals surface area contributed by atoms with Crippen LogP contribution in [0.1, 0.15) is 12.8 Å². The van der Waals surface area contributed by atoms with Crippen molar-refractivity contribution in [2.24, 2.45) is 5.92 Å². The number of aromatic nitrogens is 4. The number of nitrogens with zero attached hydrogens (tertiary/aromatic N) is 5. The van der Waals surface area contributed by atoms with E-state index in [-0.39, 0.29) is 11.9 Å². The van der Waals surface area contributed by atoms with Gasteiger partial charge in [-0.25, -0.2) is 4.68 Å². The lowest BCUT2D eigenvalue weighted by atomic mass is 9.98. The van der Waals surface area contributed by atoms with E-state index in [1.54, 1.807) is 29.2 Å². The number of nitrogens with two attached hydrogens (primary N) is 1. The molecule has 1 fully saturated rings. The average Bonchev–Trinajstić information content (AvgIpc) is 3.01. The highest BCUT2D eigenvalue weighted by molar-refractivity contribution is 5.71. The zero-order valence-corrected chi connectivity index (χ0v) is 11.4. The SMILES string of the molecule is Nc1nc(N2CCCC(C(=O)O)C2)cc(-n2cccn2)n1. The Morgan fingerprint density at radius 1 is 1.38 bits per heavy atom. The summed E-state index contributed by atoms with van der Waals surface area (Å²) in [6.45, 7) is 1.20. The molecular formula is C13H16N6O2. The first kappa shape index (κ1) is 13.3. The molecule has 1 unspecified atom stereocenters. The molecule has 0 aromatic carbocycles. The van der Waals surface area contributed by atoms with Gasteiger partial charge >= 0.3 is 5.97 Å². The third-order valence-electron chi connectivity index (χ3n) is 3.55. The van der Waals surface area contributed by atoms with E-state index in [0.717, 1.165) is 13.0 Å². The van der Waals surface area contributed by atoms with Gasteiger partial charge in [0.1, 0.15) is 5.82 Å². The van der Waals surface area contributed by atoms with Crippen LogP contribution in [0.2, 0.25) is 0 Å². The molecule has 8 heteroatoms. The van der Waals surface area contributed by atoms with Crippen LogP contribution in [-0.4, -0.2) is 43.9 Å². The summed E-state index contributed by atoms with van der Waals surface area (Å²) in [6, 6.07) is 3.56.